The van der Waals surface area contributed by atoms with Crippen LogP contribution in [0.1, 0.15) is 27.6 Å². The summed E-state index contributed by atoms with van der Waals surface area (Å²) < 4.78 is 5.22. The van der Waals surface area contributed by atoms with Gasteiger partial charge in [0.25, 0.3) is 11.6 Å². The van der Waals surface area contributed by atoms with Gasteiger partial charge in [-0.3, -0.25) is 14.9 Å². The molecule has 1 amide bonds. The van der Waals surface area contributed by atoms with Crippen LogP contribution in [0.15, 0.2) is 84.0 Å². The molecule has 0 aliphatic rings. The molecule has 9 heteroatoms. The number of nitrogens with zero attached hydrogens (tertiary/aromatic N) is 2. The van der Waals surface area contributed by atoms with Crippen LogP contribution in [0.3, 0.4) is 0 Å². The number of ether oxygens (including phenoxy) is 1. The van der Waals surface area contributed by atoms with E-state index < -0.39 is 22.9 Å². The Morgan fingerprint density at radius 1 is 1.00 bits per heavy atom. The van der Waals surface area contributed by atoms with Gasteiger partial charge in [-0.2, -0.15) is 5.10 Å². The van der Waals surface area contributed by atoms with E-state index in [2.05, 4.69) is 10.5 Å². The smallest absolute Gasteiger partial charge is 0.343 e. The maximum atomic E-state index is 12.1. The first-order valence-corrected chi connectivity index (χ1v) is 9.06. The van der Waals surface area contributed by atoms with Gasteiger partial charge < -0.3 is 9.84 Å². The molecular weight excluding hydrogens is 402 g/mol. The SMILES string of the molecule is O=C(Oc1ccc(C=NNC(=O)C(O)c2ccccc2)cc1)c1ccc([N+](=O)[O-])cc1. The number of hydrazone groups is 1. The number of hydrogen-bond acceptors (Lipinski definition) is 7. The van der Waals surface area contributed by atoms with Crippen LogP contribution in [0, 0.1) is 10.1 Å². The van der Waals surface area contributed by atoms with Gasteiger partial charge in [-0.1, -0.05) is 30.3 Å². The van der Waals surface area contributed by atoms with Crippen LogP contribution >= 0.6 is 0 Å². The number of amides is 1. The number of non-ortho nitro benzene ring substituents is 1. The molecule has 2 N–H and O–H groups in total. The Hall–Kier alpha value is -4.37. The molecule has 0 radical (unpaired) electrons. The molecule has 0 aromatic heterocycles. The molecule has 0 aliphatic heterocycles. The van der Waals surface area contributed by atoms with Gasteiger partial charge in [0.2, 0.25) is 0 Å². The average Bonchev–Trinajstić information content (AvgIpc) is 2.80. The van der Waals surface area contributed by atoms with Crippen molar-refractivity contribution in [1.82, 2.24) is 5.43 Å². The summed E-state index contributed by atoms with van der Waals surface area (Å²) in [6.07, 6.45) is 0.0388. The van der Waals surface area contributed by atoms with Gasteiger partial charge in [0.05, 0.1) is 16.7 Å². The summed E-state index contributed by atoms with van der Waals surface area (Å²) in [5.41, 5.74) is 3.38. The number of benzene rings is 3. The molecule has 3 rings (SSSR count). The first kappa shape index (κ1) is 21.3. The number of nitro benzene ring substituents is 1. The maximum absolute atomic E-state index is 12.1. The highest BCUT2D eigenvalue weighted by molar-refractivity contribution is 5.91. The minimum atomic E-state index is -1.33. The fraction of sp³-hybridized carbons (Fsp3) is 0.0455. The lowest BCUT2D eigenvalue weighted by atomic mass is 10.1. The molecule has 0 aliphatic carbocycles. The Labute approximate surface area is 176 Å². The van der Waals surface area contributed by atoms with Crippen molar-refractivity contribution in [2.45, 2.75) is 6.10 Å². The van der Waals surface area contributed by atoms with Crippen molar-refractivity contribution in [2.24, 2.45) is 5.10 Å². The maximum Gasteiger partial charge on any atom is 0.343 e. The highest BCUT2D eigenvalue weighted by Gasteiger charge is 2.16. The number of aliphatic hydroxyl groups is 1. The van der Waals surface area contributed by atoms with Crippen molar-refractivity contribution in [3.05, 3.63) is 106 Å². The third-order valence-electron chi connectivity index (χ3n) is 4.16. The summed E-state index contributed by atoms with van der Waals surface area (Å²) >= 11 is 0. The van der Waals surface area contributed by atoms with Crippen LogP contribution in [-0.2, 0) is 4.79 Å². The Kier molecular flexibility index (Phi) is 6.82. The van der Waals surface area contributed by atoms with Crippen molar-refractivity contribution in [3.8, 4) is 5.75 Å². The minimum Gasteiger partial charge on any atom is -0.423 e. The van der Waals surface area contributed by atoms with Gasteiger partial charge in [0.1, 0.15) is 5.75 Å². The fourth-order valence-corrected chi connectivity index (χ4v) is 2.53. The molecule has 156 valence electrons. The fourth-order valence-electron chi connectivity index (χ4n) is 2.53. The monoisotopic (exact) mass is 419 g/mol. The van der Waals surface area contributed by atoms with Gasteiger partial charge >= 0.3 is 5.97 Å². The zero-order valence-electron chi connectivity index (χ0n) is 16.0. The van der Waals surface area contributed by atoms with E-state index in [1.54, 1.807) is 42.5 Å². The van der Waals surface area contributed by atoms with E-state index in [1.807, 2.05) is 0 Å². The third kappa shape index (κ3) is 5.81. The van der Waals surface area contributed by atoms with Crippen LogP contribution in [0.2, 0.25) is 0 Å². The number of hydrogen-bond donors (Lipinski definition) is 2. The van der Waals surface area contributed by atoms with E-state index in [4.69, 9.17) is 4.74 Å². The Balaban J connectivity index is 1.54. The molecule has 0 heterocycles. The van der Waals surface area contributed by atoms with Crippen molar-refractivity contribution in [2.75, 3.05) is 0 Å². The van der Waals surface area contributed by atoms with Crippen LogP contribution in [0.5, 0.6) is 5.75 Å². The molecule has 9 nitrogen and oxygen atoms in total. The van der Waals surface area contributed by atoms with E-state index in [1.165, 1.54) is 42.6 Å². The summed E-state index contributed by atoms with van der Waals surface area (Å²) in [6.45, 7) is 0. The summed E-state index contributed by atoms with van der Waals surface area (Å²) in [6, 6.07) is 19.8. The second-order valence-electron chi connectivity index (χ2n) is 6.31. The first-order chi connectivity index (χ1) is 14.9. The zero-order valence-corrected chi connectivity index (χ0v) is 16.0. The molecule has 0 bridgehead atoms. The number of nitrogens with one attached hydrogen (secondary N) is 1. The summed E-state index contributed by atoms with van der Waals surface area (Å²) in [5, 5.41) is 24.4. The Morgan fingerprint density at radius 2 is 1.65 bits per heavy atom. The number of rotatable bonds is 7. The van der Waals surface area contributed by atoms with E-state index in [0.29, 0.717) is 11.1 Å². The van der Waals surface area contributed by atoms with Gasteiger partial charge in [0.15, 0.2) is 6.10 Å². The number of carbonyl (C=O) groups is 2. The third-order valence-corrected chi connectivity index (χ3v) is 4.16. The second-order valence-corrected chi connectivity index (χ2v) is 6.31. The first-order valence-electron chi connectivity index (χ1n) is 9.06. The lowest BCUT2D eigenvalue weighted by molar-refractivity contribution is -0.384. The summed E-state index contributed by atoms with van der Waals surface area (Å²) in [5.74, 6) is -1.06. The number of carbonyl (C=O) groups excluding carboxylic acids is 2. The molecular formula is C22H17N3O6. The average molecular weight is 419 g/mol. The van der Waals surface area contributed by atoms with E-state index in [-0.39, 0.29) is 17.0 Å². The summed E-state index contributed by atoms with van der Waals surface area (Å²) in [7, 11) is 0. The predicted octanol–water partition coefficient (Wildman–Crippen LogP) is 3.00. The van der Waals surface area contributed by atoms with Gasteiger partial charge in [0, 0.05) is 12.1 Å². The predicted molar refractivity (Wildman–Crippen MR) is 112 cm³/mol. The highest BCUT2D eigenvalue weighted by atomic mass is 16.6. The molecule has 0 saturated carbocycles. The zero-order chi connectivity index (χ0) is 22.2. The Bertz CT molecular complexity index is 1100. The molecule has 1 atom stereocenters. The normalized spacial score (nSPS) is 11.6. The van der Waals surface area contributed by atoms with Crippen LogP contribution in [-0.4, -0.2) is 28.1 Å². The lowest BCUT2D eigenvalue weighted by Crippen LogP contribution is -2.25. The standard InChI is InChI=1S/C22H17N3O6/c26-20(16-4-2-1-3-5-16)21(27)24-23-14-15-6-12-19(13-7-15)31-22(28)17-8-10-18(11-9-17)25(29)30/h1-14,20,26H,(H,24,27). The number of nitro groups is 1. The van der Waals surface area contributed by atoms with Gasteiger partial charge in [-0.15, -0.1) is 0 Å². The molecule has 1 unspecified atom stereocenters. The Morgan fingerprint density at radius 3 is 2.26 bits per heavy atom. The molecule has 3 aromatic rings. The molecule has 0 spiro atoms. The summed E-state index contributed by atoms with van der Waals surface area (Å²) in [4.78, 5) is 34.2. The van der Waals surface area contributed by atoms with Crippen molar-refractivity contribution in [1.29, 1.82) is 0 Å². The molecule has 0 fully saturated rings. The van der Waals surface area contributed by atoms with Gasteiger partial charge in [-0.25, -0.2) is 10.2 Å². The number of esters is 1. The lowest BCUT2D eigenvalue weighted by Gasteiger charge is -2.08. The molecule has 0 saturated heterocycles. The molecule has 3 aromatic carbocycles. The topological polar surface area (TPSA) is 131 Å². The number of aliphatic hydroxyl groups excluding tert-OH is 1. The van der Waals surface area contributed by atoms with Crippen LogP contribution in [0.25, 0.3) is 0 Å². The van der Waals surface area contributed by atoms with E-state index >= 15 is 0 Å². The van der Waals surface area contributed by atoms with Crippen molar-refractivity contribution in [3.63, 3.8) is 0 Å². The van der Waals surface area contributed by atoms with Crippen LogP contribution < -0.4 is 10.2 Å². The van der Waals surface area contributed by atoms with Crippen LogP contribution in [0.4, 0.5) is 5.69 Å². The molecule has 31 heavy (non-hydrogen) atoms. The van der Waals surface area contributed by atoms with Gasteiger partial charge in [-0.05, 0) is 47.5 Å². The van der Waals surface area contributed by atoms with Crippen molar-refractivity contribution < 1.29 is 24.4 Å². The highest BCUT2D eigenvalue weighted by Crippen LogP contribution is 2.16. The van der Waals surface area contributed by atoms with E-state index in [9.17, 15) is 24.8 Å². The quantitative estimate of drug-likeness (QED) is 0.199. The largest absolute Gasteiger partial charge is 0.423 e. The van der Waals surface area contributed by atoms with Crippen molar-refractivity contribution >= 4 is 23.8 Å². The second kappa shape index (κ2) is 9.90. The van der Waals surface area contributed by atoms with E-state index in [0.717, 1.165) is 0 Å². The minimum absolute atomic E-state index is 0.122.